The van der Waals surface area contributed by atoms with E-state index in [9.17, 15) is 4.79 Å². The highest BCUT2D eigenvalue weighted by atomic mass is 16.5. The van der Waals surface area contributed by atoms with Gasteiger partial charge in [-0.15, -0.1) is 0 Å². The van der Waals surface area contributed by atoms with Crippen LogP contribution in [0.2, 0.25) is 0 Å². The van der Waals surface area contributed by atoms with Crippen molar-refractivity contribution in [2.24, 2.45) is 5.92 Å². The van der Waals surface area contributed by atoms with Crippen molar-refractivity contribution in [2.45, 2.75) is 46.1 Å². The first kappa shape index (κ1) is 20.8. The molecule has 1 amide bonds. The minimum atomic E-state index is 0.1000. The summed E-state index contributed by atoms with van der Waals surface area (Å²) in [5, 5.41) is 3.85. The van der Waals surface area contributed by atoms with Gasteiger partial charge in [0.15, 0.2) is 5.82 Å². The fourth-order valence-electron chi connectivity index (χ4n) is 4.80. The molecule has 0 saturated carbocycles. The van der Waals surface area contributed by atoms with E-state index in [0.717, 1.165) is 56.9 Å². The van der Waals surface area contributed by atoms with E-state index < -0.39 is 0 Å². The maximum atomic E-state index is 13.1. The molecule has 2 fully saturated rings. The van der Waals surface area contributed by atoms with Crippen LogP contribution in [0.15, 0.2) is 28.8 Å². The summed E-state index contributed by atoms with van der Waals surface area (Å²) in [4.78, 5) is 24.3. The molecule has 0 bridgehead atoms. The van der Waals surface area contributed by atoms with Crippen LogP contribution in [-0.2, 0) is 4.79 Å². The van der Waals surface area contributed by atoms with Crippen molar-refractivity contribution in [2.75, 3.05) is 44.2 Å². The Morgan fingerprint density at radius 3 is 2.40 bits per heavy atom. The summed E-state index contributed by atoms with van der Waals surface area (Å²) in [6.07, 6.45) is 3.30. The number of aromatic nitrogens is 2. The number of carbonyl (C=O) groups excluding carboxylic acids is 1. The Bertz CT molecular complexity index is 838. The number of rotatable bonds is 6. The second-order valence-corrected chi connectivity index (χ2v) is 8.46. The Kier molecular flexibility index (Phi) is 6.37. The van der Waals surface area contributed by atoms with E-state index in [1.165, 1.54) is 12.8 Å². The minimum Gasteiger partial charge on any atom is -0.371 e. The normalized spacial score (nSPS) is 20.3. The summed E-state index contributed by atoms with van der Waals surface area (Å²) in [6.45, 7) is 11.8. The highest BCUT2D eigenvalue weighted by Crippen LogP contribution is 2.28. The molecule has 1 atom stereocenters. The van der Waals surface area contributed by atoms with E-state index in [1.54, 1.807) is 0 Å². The zero-order valence-electron chi connectivity index (χ0n) is 18.4. The summed E-state index contributed by atoms with van der Waals surface area (Å²) < 4.78 is 5.24. The van der Waals surface area contributed by atoms with Crippen molar-refractivity contribution in [1.82, 2.24) is 19.9 Å². The van der Waals surface area contributed by atoms with Crippen LogP contribution in [0.5, 0.6) is 0 Å². The van der Waals surface area contributed by atoms with Gasteiger partial charge >= 0.3 is 0 Å². The van der Waals surface area contributed by atoms with Crippen molar-refractivity contribution in [1.29, 1.82) is 0 Å². The van der Waals surface area contributed by atoms with E-state index in [-0.39, 0.29) is 5.92 Å². The molecule has 2 saturated heterocycles. The van der Waals surface area contributed by atoms with E-state index in [2.05, 4.69) is 50.8 Å². The predicted octanol–water partition coefficient (Wildman–Crippen LogP) is 3.20. The molecule has 162 valence electrons. The molecular weight excluding hydrogens is 378 g/mol. The number of piperazine rings is 1. The minimum absolute atomic E-state index is 0.1000. The summed E-state index contributed by atoms with van der Waals surface area (Å²) in [5.41, 5.74) is 2.06. The summed E-state index contributed by atoms with van der Waals surface area (Å²) in [6, 6.07) is 8.83. The van der Waals surface area contributed by atoms with Crippen molar-refractivity contribution < 1.29 is 9.32 Å². The SMILES string of the molecule is CCC(CC)N1CCN(C(=O)[C@H]2CCN(c3ccc(-c4nc(C)no4)cc3)C2)CC1. The number of anilines is 1. The van der Waals surface area contributed by atoms with Crippen molar-refractivity contribution in [3.8, 4) is 11.5 Å². The average Bonchev–Trinajstić information content (AvgIpc) is 3.44. The molecule has 0 aliphatic carbocycles. The Morgan fingerprint density at radius 1 is 1.10 bits per heavy atom. The lowest BCUT2D eigenvalue weighted by molar-refractivity contribution is -0.137. The average molecular weight is 412 g/mol. The maximum Gasteiger partial charge on any atom is 0.257 e. The smallest absolute Gasteiger partial charge is 0.257 e. The third kappa shape index (κ3) is 4.36. The molecule has 4 rings (SSSR count). The van der Waals surface area contributed by atoms with Gasteiger partial charge in [0.1, 0.15) is 0 Å². The van der Waals surface area contributed by atoms with E-state index in [1.807, 2.05) is 19.1 Å². The molecule has 2 aliphatic heterocycles. The van der Waals surface area contributed by atoms with Crippen LogP contribution in [0.3, 0.4) is 0 Å². The van der Waals surface area contributed by atoms with Gasteiger partial charge in [0.25, 0.3) is 5.89 Å². The quantitative estimate of drug-likeness (QED) is 0.727. The number of aryl methyl sites for hydroxylation is 1. The van der Waals surface area contributed by atoms with Crippen molar-refractivity contribution in [3.63, 3.8) is 0 Å². The van der Waals surface area contributed by atoms with Gasteiger partial charge in [0.2, 0.25) is 5.91 Å². The predicted molar refractivity (Wildman–Crippen MR) is 117 cm³/mol. The molecule has 7 heteroatoms. The third-order valence-corrected chi connectivity index (χ3v) is 6.63. The van der Waals surface area contributed by atoms with Gasteiger partial charge in [-0.1, -0.05) is 19.0 Å². The molecule has 1 aromatic heterocycles. The van der Waals surface area contributed by atoms with Crippen LogP contribution in [0, 0.1) is 12.8 Å². The molecular formula is C23H33N5O2. The van der Waals surface area contributed by atoms with Crippen molar-refractivity contribution >= 4 is 11.6 Å². The monoisotopic (exact) mass is 411 g/mol. The number of hydrogen-bond donors (Lipinski definition) is 0. The molecule has 7 nitrogen and oxygen atoms in total. The Balaban J connectivity index is 1.31. The first-order valence-electron chi connectivity index (χ1n) is 11.3. The molecule has 0 spiro atoms. The van der Waals surface area contributed by atoms with E-state index in [0.29, 0.717) is 23.7 Å². The standard InChI is InChI=1S/C23H33N5O2/c1-4-20(5-2)26-12-14-27(15-13-26)23(29)19-10-11-28(16-19)21-8-6-18(7-9-21)22-24-17(3)25-30-22/h6-9,19-20H,4-5,10-16H2,1-3H3/t19-/m0/s1. The zero-order valence-corrected chi connectivity index (χ0v) is 18.4. The molecule has 30 heavy (non-hydrogen) atoms. The molecule has 0 radical (unpaired) electrons. The number of benzene rings is 1. The lowest BCUT2D eigenvalue weighted by atomic mass is 10.1. The largest absolute Gasteiger partial charge is 0.371 e. The summed E-state index contributed by atoms with van der Waals surface area (Å²) in [5.74, 6) is 1.61. The van der Waals surface area contributed by atoms with Gasteiger partial charge in [-0.2, -0.15) is 4.98 Å². The van der Waals surface area contributed by atoms with Crippen LogP contribution >= 0.6 is 0 Å². The Labute approximate surface area is 179 Å². The molecule has 0 unspecified atom stereocenters. The van der Waals surface area contributed by atoms with Gasteiger partial charge in [-0.25, -0.2) is 0 Å². The van der Waals surface area contributed by atoms with Gasteiger partial charge in [0, 0.05) is 56.6 Å². The van der Waals surface area contributed by atoms with E-state index >= 15 is 0 Å². The van der Waals surface area contributed by atoms with Crippen LogP contribution in [0.1, 0.15) is 38.9 Å². The maximum absolute atomic E-state index is 13.1. The second kappa shape index (κ2) is 9.16. The summed E-state index contributed by atoms with van der Waals surface area (Å²) >= 11 is 0. The lowest BCUT2D eigenvalue weighted by Gasteiger charge is -2.39. The molecule has 0 N–H and O–H groups in total. The van der Waals surface area contributed by atoms with Crippen LogP contribution in [0.25, 0.3) is 11.5 Å². The number of carbonyl (C=O) groups is 1. The fourth-order valence-corrected chi connectivity index (χ4v) is 4.80. The first-order valence-corrected chi connectivity index (χ1v) is 11.3. The molecule has 1 aromatic carbocycles. The van der Waals surface area contributed by atoms with Crippen molar-refractivity contribution in [3.05, 3.63) is 30.1 Å². The highest BCUT2D eigenvalue weighted by Gasteiger charge is 2.33. The van der Waals surface area contributed by atoms with Gasteiger partial charge in [-0.3, -0.25) is 9.69 Å². The van der Waals surface area contributed by atoms with Crippen LogP contribution in [0.4, 0.5) is 5.69 Å². The van der Waals surface area contributed by atoms with Gasteiger partial charge in [-0.05, 0) is 50.5 Å². The molecule has 2 aliphatic rings. The zero-order chi connectivity index (χ0) is 21.1. The Morgan fingerprint density at radius 2 is 1.80 bits per heavy atom. The molecule has 3 heterocycles. The van der Waals surface area contributed by atoms with Crippen LogP contribution < -0.4 is 4.90 Å². The first-order chi connectivity index (χ1) is 14.6. The fraction of sp³-hybridized carbons (Fsp3) is 0.609. The number of amides is 1. The second-order valence-electron chi connectivity index (χ2n) is 8.46. The third-order valence-electron chi connectivity index (χ3n) is 6.63. The van der Waals surface area contributed by atoms with Gasteiger partial charge in [0.05, 0.1) is 5.92 Å². The van der Waals surface area contributed by atoms with E-state index in [4.69, 9.17) is 4.52 Å². The highest BCUT2D eigenvalue weighted by molar-refractivity contribution is 5.80. The topological polar surface area (TPSA) is 65.7 Å². The Hall–Kier alpha value is -2.41. The lowest BCUT2D eigenvalue weighted by Crippen LogP contribution is -2.53. The summed E-state index contributed by atoms with van der Waals surface area (Å²) in [7, 11) is 0. The molecule has 2 aromatic rings. The number of nitrogens with zero attached hydrogens (tertiary/aromatic N) is 5. The van der Waals surface area contributed by atoms with Gasteiger partial charge < -0.3 is 14.3 Å². The van der Waals surface area contributed by atoms with Crippen LogP contribution in [-0.4, -0.2) is 71.2 Å². The number of hydrogen-bond acceptors (Lipinski definition) is 6.